The van der Waals surface area contributed by atoms with E-state index in [1.165, 1.54) is 56.9 Å². The number of hydrogen-bond acceptors (Lipinski definition) is 3. The molecule has 3 aliphatic carbocycles. The van der Waals surface area contributed by atoms with E-state index in [2.05, 4.69) is 51.9 Å². The van der Waals surface area contributed by atoms with Crippen LogP contribution in [-0.2, 0) is 4.84 Å². The predicted octanol–water partition coefficient (Wildman–Crippen LogP) is 7.60. The number of nitrogens with zero attached hydrogens (tertiary/aromatic N) is 1. The Balaban J connectivity index is 1.50. The van der Waals surface area contributed by atoms with E-state index in [1.807, 2.05) is 0 Å². The second-order valence-electron chi connectivity index (χ2n) is 12.3. The smallest absolute Gasteiger partial charge is 0.164 e. The van der Waals surface area contributed by atoms with Gasteiger partial charge >= 0.3 is 0 Å². The molecule has 0 aromatic heterocycles. The molecule has 3 saturated carbocycles. The van der Waals surface area contributed by atoms with Crippen LogP contribution in [0, 0.1) is 29.1 Å². The van der Waals surface area contributed by atoms with Crippen LogP contribution in [0.15, 0.2) is 28.5 Å². The van der Waals surface area contributed by atoms with E-state index in [-0.39, 0.29) is 11.7 Å². The fourth-order valence-corrected chi connectivity index (χ4v) is 7.74. The number of oxime groups is 1. The van der Waals surface area contributed by atoms with Crippen molar-refractivity contribution in [3.05, 3.63) is 23.3 Å². The molecule has 1 heterocycles. The van der Waals surface area contributed by atoms with Crippen molar-refractivity contribution in [2.24, 2.45) is 34.2 Å². The van der Waals surface area contributed by atoms with Crippen molar-refractivity contribution in [3.63, 3.8) is 0 Å². The van der Waals surface area contributed by atoms with Crippen LogP contribution in [0.1, 0.15) is 112 Å². The zero-order valence-corrected chi connectivity index (χ0v) is 21.3. The average molecular weight is 442 g/mol. The molecule has 32 heavy (non-hydrogen) atoms. The van der Waals surface area contributed by atoms with Crippen LogP contribution in [0.4, 0.5) is 0 Å². The minimum absolute atomic E-state index is 0.242. The molecular formula is C29H47NO2. The third kappa shape index (κ3) is 4.74. The Kier molecular flexibility index (Phi) is 7.25. The fourth-order valence-electron chi connectivity index (χ4n) is 7.74. The summed E-state index contributed by atoms with van der Waals surface area (Å²) >= 11 is 0. The monoisotopic (exact) mass is 441 g/mol. The van der Waals surface area contributed by atoms with Gasteiger partial charge in [-0.3, -0.25) is 0 Å². The molecule has 0 unspecified atom stereocenters. The molecule has 0 aromatic rings. The molecule has 0 bridgehead atoms. The van der Waals surface area contributed by atoms with Crippen molar-refractivity contribution >= 4 is 5.71 Å². The van der Waals surface area contributed by atoms with Crippen LogP contribution in [0.3, 0.4) is 0 Å². The van der Waals surface area contributed by atoms with Crippen LogP contribution in [0.2, 0.25) is 0 Å². The third-order valence-electron chi connectivity index (χ3n) is 9.50. The van der Waals surface area contributed by atoms with Crippen LogP contribution in [0.25, 0.3) is 0 Å². The van der Waals surface area contributed by atoms with Crippen LogP contribution in [0.5, 0.6) is 0 Å². The molecule has 0 saturated heterocycles. The summed E-state index contributed by atoms with van der Waals surface area (Å²) < 4.78 is 0. The molecule has 0 amide bonds. The van der Waals surface area contributed by atoms with Gasteiger partial charge in [-0.15, -0.1) is 0 Å². The largest absolute Gasteiger partial charge is 0.393 e. The highest BCUT2D eigenvalue weighted by molar-refractivity contribution is 5.84. The summed E-state index contributed by atoms with van der Waals surface area (Å²) in [6, 6.07) is 0. The molecule has 3 heteroatoms. The maximum Gasteiger partial charge on any atom is 0.164 e. The maximum absolute atomic E-state index is 10.4. The number of rotatable bonds is 6. The zero-order chi connectivity index (χ0) is 22.9. The minimum Gasteiger partial charge on any atom is -0.393 e. The maximum atomic E-state index is 10.4. The van der Waals surface area contributed by atoms with E-state index < -0.39 is 0 Å². The van der Waals surface area contributed by atoms with E-state index in [9.17, 15) is 5.11 Å². The Labute approximate surface area is 196 Å². The highest BCUT2D eigenvalue weighted by atomic mass is 16.7. The van der Waals surface area contributed by atoms with Gasteiger partial charge in [0.25, 0.3) is 0 Å². The molecule has 1 N–H and O–H groups in total. The Hall–Kier alpha value is -1.09. The molecular weight excluding hydrogens is 394 g/mol. The Morgan fingerprint density at radius 1 is 1.12 bits per heavy atom. The Bertz CT molecular complexity index is 765. The van der Waals surface area contributed by atoms with Crippen molar-refractivity contribution in [3.8, 4) is 0 Å². The SMILES string of the molecule is CC1=NO[C@@]2(CC[C@H](O)C/C2=C\C=C2/CCC[C@]3(C)[C@@H]([C@H](C)CCCC(C)C)CC[C@@H]23)C1. The standard InChI is InChI=1S/C29H47NO2/c1-20(2)8-6-9-21(3)26-13-14-27-23(10-7-16-28(26,27)5)11-12-24-18-25(31)15-17-29(24)19-22(4)30-32-29/h11-12,20-21,25-27,31H,6-10,13-19H2,1-5H3/b23-11+,24-12+/t21-,25+,26-,27+,28-,29+/m1/s1. The highest BCUT2D eigenvalue weighted by Gasteiger charge is 2.50. The fraction of sp³-hybridized carbons (Fsp3) is 0.828. The number of aliphatic hydroxyl groups excluding tert-OH is 1. The first-order chi connectivity index (χ1) is 15.2. The van der Waals surface area contributed by atoms with E-state index in [0.29, 0.717) is 5.41 Å². The second-order valence-corrected chi connectivity index (χ2v) is 12.3. The van der Waals surface area contributed by atoms with Crippen molar-refractivity contribution in [1.29, 1.82) is 0 Å². The van der Waals surface area contributed by atoms with Gasteiger partial charge in [0.1, 0.15) is 0 Å². The molecule has 3 fully saturated rings. The van der Waals surface area contributed by atoms with Gasteiger partial charge in [0.05, 0.1) is 11.8 Å². The summed E-state index contributed by atoms with van der Waals surface area (Å²) in [5.41, 5.74) is 4.17. The normalized spacial score (nSPS) is 40.7. The average Bonchev–Trinajstić information content (AvgIpc) is 3.29. The van der Waals surface area contributed by atoms with Gasteiger partial charge in [0, 0.05) is 6.42 Å². The lowest BCUT2D eigenvalue weighted by atomic mass is 9.60. The van der Waals surface area contributed by atoms with Gasteiger partial charge in [0.15, 0.2) is 5.60 Å². The summed E-state index contributed by atoms with van der Waals surface area (Å²) in [5, 5.41) is 14.6. The minimum atomic E-state index is -0.290. The van der Waals surface area contributed by atoms with Crippen LogP contribution >= 0.6 is 0 Å². The third-order valence-corrected chi connectivity index (χ3v) is 9.50. The summed E-state index contributed by atoms with van der Waals surface area (Å²) in [7, 11) is 0. The van der Waals surface area contributed by atoms with E-state index in [1.54, 1.807) is 5.57 Å². The zero-order valence-electron chi connectivity index (χ0n) is 21.3. The molecule has 1 aliphatic heterocycles. The topological polar surface area (TPSA) is 41.8 Å². The van der Waals surface area contributed by atoms with Crippen LogP contribution in [-0.4, -0.2) is 22.5 Å². The molecule has 1 spiro atoms. The van der Waals surface area contributed by atoms with E-state index in [0.717, 1.165) is 55.1 Å². The van der Waals surface area contributed by atoms with Crippen molar-refractivity contribution in [1.82, 2.24) is 0 Å². The molecule has 3 nitrogen and oxygen atoms in total. The van der Waals surface area contributed by atoms with E-state index >= 15 is 0 Å². The number of hydrogen-bond donors (Lipinski definition) is 1. The van der Waals surface area contributed by atoms with Gasteiger partial charge in [-0.1, -0.05) is 69.8 Å². The number of aliphatic hydroxyl groups is 1. The van der Waals surface area contributed by atoms with Crippen molar-refractivity contribution < 1.29 is 9.94 Å². The molecule has 6 atom stereocenters. The molecule has 0 aromatic carbocycles. The van der Waals surface area contributed by atoms with Gasteiger partial charge in [-0.25, -0.2) is 0 Å². The highest BCUT2D eigenvalue weighted by Crippen LogP contribution is 2.60. The van der Waals surface area contributed by atoms with Gasteiger partial charge in [0.2, 0.25) is 0 Å². The first kappa shape index (κ1) is 24.0. The lowest BCUT2D eigenvalue weighted by Gasteiger charge is -2.44. The molecule has 4 rings (SSSR count). The quantitative estimate of drug-likeness (QED) is 0.461. The first-order valence-corrected chi connectivity index (χ1v) is 13.5. The van der Waals surface area contributed by atoms with Crippen molar-refractivity contribution in [2.45, 2.75) is 123 Å². The number of fused-ring (bicyclic) bond motifs is 1. The lowest BCUT2D eigenvalue weighted by Crippen LogP contribution is -2.38. The van der Waals surface area contributed by atoms with E-state index in [4.69, 9.17) is 4.84 Å². The summed E-state index contributed by atoms with van der Waals surface area (Å²) in [6.45, 7) is 11.9. The van der Waals surface area contributed by atoms with Gasteiger partial charge < -0.3 is 9.94 Å². The Morgan fingerprint density at radius 2 is 1.94 bits per heavy atom. The first-order valence-electron chi connectivity index (χ1n) is 13.5. The number of allylic oxidation sites excluding steroid dienone is 3. The van der Waals surface area contributed by atoms with Gasteiger partial charge in [-0.2, -0.15) is 0 Å². The summed E-state index contributed by atoms with van der Waals surface area (Å²) in [5.74, 6) is 3.27. The predicted molar refractivity (Wildman–Crippen MR) is 134 cm³/mol. The van der Waals surface area contributed by atoms with Crippen molar-refractivity contribution in [2.75, 3.05) is 0 Å². The summed E-state index contributed by atoms with van der Waals surface area (Å²) in [6.07, 6.45) is 18.7. The van der Waals surface area contributed by atoms with Gasteiger partial charge in [-0.05, 0) is 93.0 Å². The van der Waals surface area contributed by atoms with Crippen LogP contribution < -0.4 is 0 Å². The molecule has 0 radical (unpaired) electrons. The lowest BCUT2D eigenvalue weighted by molar-refractivity contribution is -0.0282. The molecule has 4 aliphatic rings. The Morgan fingerprint density at radius 3 is 2.66 bits per heavy atom. The molecule has 180 valence electrons. The second kappa shape index (κ2) is 9.65. The summed E-state index contributed by atoms with van der Waals surface area (Å²) in [4.78, 5) is 5.98.